The van der Waals surface area contributed by atoms with Gasteiger partial charge in [-0.2, -0.15) is 0 Å². The van der Waals surface area contributed by atoms with Gasteiger partial charge in [0.1, 0.15) is 0 Å². The van der Waals surface area contributed by atoms with Gasteiger partial charge in [0.25, 0.3) is 0 Å². The van der Waals surface area contributed by atoms with Gasteiger partial charge in [-0.15, -0.1) is 0 Å². The first kappa shape index (κ1) is 14.8. The van der Waals surface area contributed by atoms with E-state index in [1.807, 2.05) is 0 Å². The van der Waals surface area contributed by atoms with E-state index < -0.39 is 0 Å². The van der Waals surface area contributed by atoms with Crippen LogP contribution in [0.5, 0.6) is 0 Å². The highest BCUT2D eigenvalue weighted by atomic mass is 16.7. The Morgan fingerprint density at radius 3 is 2.21 bits per heavy atom. The Labute approximate surface area is 116 Å². The summed E-state index contributed by atoms with van der Waals surface area (Å²) in [5.74, 6) is 0.173. The van der Waals surface area contributed by atoms with E-state index in [1.54, 1.807) is 0 Å². The standard InChI is InChI=1S/C15H27NO3/c1-15(2,3)16(12-7-5-4-6-8-12)13(17)11-14-18-9-10-19-14/h12,14H,4-11H2,1-3H3. The number of hydrogen-bond acceptors (Lipinski definition) is 3. The summed E-state index contributed by atoms with van der Waals surface area (Å²) in [5, 5.41) is 0. The maximum Gasteiger partial charge on any atom is 0.228 e. The van der Waals surface area contributed by atoms with Crippen molar-refractivity contribution in [2.75, 3.05) is 13.2 Å². The van der Waals surface area contributed by atoms with E-state index in [1.165, 1.54) is 19.3 Å². The van der Waals surface area contributed by atoms with Crippen LogP contribution in [0.1, 0.15) is 59.3 Å². The summed E-state index contributed by atoms with van der Waals surface area (Å²) in [7, 11) is 0. The lowest BCUT2D eigenvalue weighted by molar-refractivity contribution is -0.148. The Kier molecular flexibility index (Phi) is 4.85. The highest BCUT2D eigenvalue weighted by Crippen LogP contribution is 2.29. The van der Waals surface area contributed by atoms with E-state index in [2.05, 4.69) is 25.7 Å². The fraction of sp³-hybridized carbons (Fsp3) is 0.933. The molecule has 2 aliphatic rings. The second-order valence-corrected chi connectivity index (χ2v) is 6.60. The monoisotopic (exact) mass is 269 g/mol. The number of carbonyl (C=O) groups excluding carboxylic acids is 1. The first-order valence-corrected chi connectivity index (χ1v) is 7.54. The minimum absolute atomic E-state index is 0.127. The molecule has 110 valence electrons. The number of rotatable bonds is 3. The van der Waals surface area contributed by atoms with Crippen molar-refractivity contribution < 1.29 is 14.3 Å². The SMILES string of the molecule is CC(C)(C)N(C(=O)CC1OCCO1)C1CCCCC1. The van der Waals surface area contributed by atoms with Crippen LogP contribution < -0.4 is 0 Å². The van der Waals surface area contributed by atoms with Crippen LogP contribution in [-0.4, -0.2) is 41.9 Å². The number of ether oxygens (including phenoxy) is 2. The van der Waals surface area contributed by atoms with E-state index in [4.69, 9.17) is 9.47 Å². The van der Waals surface area contributed by atoms with E-state index in [9.17, 15) is 4.79 Å². The first-order chi connectivity index (χ1) is 8.98. The maximum atomic E-state index is 12.6. The van der Waals surface area contributed by atoms with Crippen molar-refractivity contribution in [3.8, 4) is 0 Å². The van der Waals surface area contributed by atoms with E-state index >= 15 is 0 Å². The Balaban J connectivity index is 2.01. The molecule has 1 aliphatic heterocycles. The Morgan fingerprint density at radius 1 is 1.11 bits per heavy atom. The molecule has 1 saturated carbocycles. The predicted octanol–water partition coefficient (Wildman–Crippen LogP) is 2.71. The van der Waals surface area contributed by atoms with Gasteiger partial charge in [0.05, 0.1) is 19.6 Å². The van der Waals surface area contributed by atoms with Gasteiger partial charge in [-0.25, -0.2) is 0 Å². The van der Waals surface area contributed by atoms with Crippen molar-refractivity contribution >= 4 is 5.91 Å². The molecule has 2 rings (SSSR count). The molecular weight excluding hydrogens is 242 g/mol. The fourth-order valence-electron chi connectivity index (χ4n) is 3.23. The fourth-order valence-corrected chi connectivity index (χ4v) is 3.23. The summed E-state index contributed by atoms with van der Waals surface area (Å²) >= 11 is 0. The molecule has 0 spiro atoms. The quantitative estimate of drug-likeness (QED) is 0.790. The molecule has 1 amide bonds. The molecule has 0 unspecified atom stereocenters. The molecular formula is C15H27NO3. The second-order valence-electron chi connectivity index (χ2n) is 6.60. The second kappa shape index (κ2) is 6.23. The minimum atomic E-state index is -0.332. The normalized spacial score (nSPS) is 22.7. The molecule has 0 N–H and O–H groups in total. The van der Waals surface area contributed by atoms with Gasteiger partial charge in [0, 0.05) is 11.6 Å². The summed E-state index contributed by atoms with van der Waals surface area (Å²) in [5.41, 5.74) is -0.127. The molecule has 0 aromatic carbocycles. The lowest BCUT2D eigenvalue weighted by atomic mass is 9.90. The van der Waals surface area contributed by atoms with Crippen LogP contribution in [0.2, 0.25) is 0 Å². The molecule has 19 heavy (non-hydrogen) atoms. The van der Waals surface area contributed by atoms with Gasteiger partial charge in [-0.1, -0.05) is 19.3 Å². The van der Waals surface area contributed by atoms with Crippen LogP contribution in [0.3, 0.4) is 0 Å². The topological polar surface area (TPSA) is 38.8 Å². The third-order valence-corrected chi connectivity index (χ3v) is 3.96. The van der Waals surface area contributed by atoms with Crippen LogP contribution in [0, 0.1) is 0 Å². The third-order valence-electron chi connectivity index (χ3n) is 3.96. The summed E-state index contributed by atoms with van der Waals surface area (Å²) in [6, 6.07) is 0.391. The lowest BCUT2D eigenvalue weighted by Crippen LogP contribution is -2.53. The number of amides is 1. The molecule has 1 aliphatic carbocycles. The lowest BCUT2D eigenvalue weighted by Gasteiger charge is -2.43. The molecule has 4 nitrogen and oxygen atoms in total. The summed E-state index contributed by atoms with van der Waals surface area (Å²) in [6.45, 7) is 7.58. The van der Waals surface area contributed by atoms with Gasteiger partial charge >= 0.3 is 0 Å². The largest absolute Gasteiger partial charge is 0.350 e. The van der Waals surface area contributed by atoms with Crippen LogP contribution in [-0.2, 0) is 14.3 Å². The zero-order chi connectivity index (χ0) is 13.9. The molecule has 0 aromatic rings. The van der Waals surface area contributed by atoms with Crippen LogP contribution >= 0.6 is 0 Å². The van der Waals surface area contributed by atoms with Gasteiger partial charge in [0.15, 0.2) is 6.29 Å². The minimum Gasteiger partial charge on any atom is -0.350 e. The van der Waals surface area contributed by atoms with Gasteiger partial charge < -0.3 is 14.4 Å². The highest BCUT2D eigenvalue weighted by molar-refractivity contribution is 5.77. The van der Waals surface area contributed by atoms with Crippen molar-refractivity contribution in [2.45, 2.75) is 77.2 Å². The summed E-state index contributed by atoms with van der Waals surface area (Å²) < 4.78 is 10.8. The molecule has 0 aromatic heterocycles. The van der Waals surface area contributed by atoms with Crippen molar-refractivity contribution in [1.29, 1.82) is 0 Å². The van der Waals surface area contributed by atoms with E-state index in [0.29, 0.717) is 25.7 Å². The average molecular weight is 269 g/mol. The van der Waals surface area contributed by atoms with Crippen LogP contribution in [0.25, 0.3) is 0 Å². The summed E-state index contributed by atoms with van der Waals surface area (Å²) in [6.07, 6.45) is 6.07. The molecule has 2 fully saturated rings. The molecule has 1 heterocycles. The van der Waals surface area contributed by atoms with Gasteiger partial charge in [-0.3, -0.25) is 4.79 Å². The summed E-state index contributed by atoms with van der Waals surface area (Å²) in [4.78, 5) is 14.7. The molecule has 0 atom stereocenters. The third kappa shape index (κ3) is 3.93. The zero-order valence-electron chi connectivity index (χ0n) is 12.5. The van der Waals surface area contributed by atoms with E-state index in [-0.39, 0.29) is 17.7 Å². The van der Waals surface area contributed by atoms with Crippen molar-refractivity contribution in [1.82, 2.24) is 4.90 Å². The van der Waals surface area contributed by atoms with E-state index in [0.717, 1.165) is 12.8 Å². The smallest absolute Gasteiger partial charge is 0.228 e. The van der Waals surface area contributed by atoms with Crippen molar-refractivity contribution in [3.63, 3.8) is 0 Å². The molecule has 1 saturated heterocycles. The van der Waals surface area contributed by atoms with Gasteiger partial charge in [-0.05, 0) is 33.6 Å². The Morgan fingerprint density at radius 2 is 1.68 bits per heavy atom. The predicted molar refractivity (Wildman–Crippen MR) is 73.8 cm³/mol. The molecule has 0 bridgehead atoms. The first-order valence-electron chi connectivity index (χ1n) is 7.54. The number of hydrogen-bond donors (Lipinski definition) is 0. The Bertz CT molecular complexity index is 299. The molecule has 0 radical (unpaired) electrons. The van der Waals surface area contributed by atoms with Crippen molar-refractivity contribution in [3.05, 3.63) is 0 Å². The number of nitrogens with zero attached hydrogens (tertiary/aromatic N) is 1. The average Bonchev–Trinajstić information content (AvgIpc) is 2.81. The highest BCUT2D eigenvalue weighted by Gasteiger charge is 2.35. The van der Waals surface area contributed by atoms with Crippen LogP contribution in [0.4, 0.5) is 0 Å². The van der Waals surface area contributed by atoms with Gasteiger partial charge in [0.2, 0.25) is 5.91 Å². The number of carbonyl (C=O) groups is 1. The Hall–Kier alpha value is -0.610. The maximum absolute atomic E-state index is 12.6. The molecule has 4 heteroatoms. The zero-order valence-corrected chi connectivity index (χ0v) is 12.5. The van der Waals surface area contributed by atoms with Crippen LogP contribution in [0.15, 0.2) is 0 Å². The van der Waals surface area contributed by atoms with Crippen molar-refractivity contribution in [2.24, 2.45) is 0 Å².